The lowest BCUT2D eigenvalue weighted by Crippen LogP contribution is -2.53. The molecule has 4 rings (SSSR count). The number of nitrogens with zero attached hydrogens (tertiary/aromatic N) is 4. The fourth-order valence-electron chi connectivity index (χ4n) is 6.31. The second-order valence-electron chi connectivity index (χ2n) is 10.9. The second-order valence-corrected chi connectivity index (χ2v) is 12.8. The predicted molar refractivity (Wildman–Crippen MR) is 148 cm³/mol. The second kappa shape index (κ2) is 13.1. The van der Waals surface area contributed by atoms with Crippen LogP contribution in [0.5, 0.6) is 5.75 Å². The Hall–Kier alpha value is -1.72. The maximum Gasteiger partial charge on any atom is 0.248 e. The van der Waals surface area contributed by atoms with Gasteiger partial charge >= 0.3 is 0 Å². The van der Waals surface area contributed by atoms with Crippen LogP contribution in [0.3, 0.4) is 0 Å². The number of hydrogen-bond donors (Lipinski definition) is 0. The molecule has 0 bridgehead atoms. The third-order valence-electron chi connectivity index (χ3n) is 8.65. The molecule has 2 unspecified atom stereocenters. The highest BCUT2D eigenvalue weighted by Gasteiger charge is 2.33. The Morgan fingerprint density at radius 2 is 1.87 bits per heavy atom. The van der Waals surface area contributed by atoms with Crippen molar-refractivity contribution in [1.82, 2.24) is 19.0 Å². The molecule has 9 nitrogen and oxygen atoms in total. The zero-order valence-electron chi connectivity index (χ0n) is 23.7. The minimum Gasteiger partial charge on any atom is -0.497 e. The van der Waals surface area contributed by atoms with E-state index in [1.165, 1.54) is 10.7 Å². The third kappa shape index (κ3) is 6.70. The lowest BCUT2D eigenvalue weighted by atomic mass is 9.88. The van der Waals surface area contributed by atoms with E-state index in [9.17, 15) is 13.2 Å². The van der Waals surface area contributed by atoms with Crippen LogP contribution in [0.1, 0.15) is 50.2 Å². The zero-order valence-corrected chi connectivity index (χ0v) is 24.5. The molecule has 0 N–H and O–H groups in total. The van der Waals surface area contributed by atoms with Gasteiger partial charge in [-0.05, 0) is 75.3 Å². The SMILES string of the molecule is CCN1CCN(C2CCCC(N(C)C(=O)COCCN3CCCc4cc(OC)cc(C)c4S3(=O)=O)C2)CC1. The molecule has 0 spiro atoms. The van der Waals surface area contributed by atoms with Crippen LogP contribution in [-0.2, 0) is 26.0 Å². The van der Waals surface area contributed by atoms with Crippen molar-refractivity contribution < 1.29 is 22.7 Å². The largest absolute Gasteiger partial charge is 0.497 e. The van der Waals surface area contributed by atoms with Crippen molar-refractivity contribution in [3.05, 3.63) is 23.3 Å². The summed E-state index contributed by atoms with van der Waals surface area (Å²) in [4.78, 5) is 20.3. The number of amides is 1. The first kappa shape index (κ1) is 29.3. The Kier molecular flexibility index (Phi) is 10.1. The van der Waals surface area contributed by atoms with Gasteiger partial charge in [0.05, 0.1) is 18.6 Å². The highest BCUT2D eigenvalue weighted by molar-refractivity contribution is 7.89. The number of piperazine rings is 1. The predicted octanol–water partition coefficient (Wildman–Crippen LogP) is 2.36. The van der Waals surface area contributed by atoms with Gasteiger partial charge in [0.15, 0.2) is 0 Å². The molecule has 2 heterocycles. The van der Waals surface area contributed by atoms with E-state index in [0.29, 0.717) is 35.2 Å². The van der Waals surface area contributed by atoms with E-state index >= 15 is 0 Å². The summed E-state index contributed by atoms with van der Waals surface area (Å²) < 4.78 is 39.4. The molecule has 1 aromatic carbocycles. The molecule has 0 aromatic heterocycles. The van der Waals surface area contributed by atoms with Crippen molar-refractivity contribution >= 4 is 15.9 Å². The van der Waals surface area contributed by atoms with Gasteiger partial charge in [0.25, 0.3) is 0 Å². The Morgan fingerprint density at radius 3 is 2.58 bits per heavy atom. The number of rotatable bonds is 9. The summed E-state index contributed by atoms with van der Waals surface area (Å²) in [5, 5.41) is 0. The van der Waals surface area contributed by atoms with Gasteiger partial charge in [0, 0.05) is 58.4 Å². The first-order chi connectivity index (χ1) is 18.2. The average molecular weight is 551 g/mol. The number of sulfonamides is 1. The Balaban J connectivity index is 1.26. The Morgan fingerprint density at radius 1 is 1.11 bits per heavy atom. The number of fused-ring (bicyclic) bond motifs is 1. The summed E-state index contributed by atoms with van der Waals surface area (Å²) in [7, 11) is -0.153. The molecule has 1 amide bonds. The van der Waals surface area contributed by atoms with E-state index in [0.717, 1.165) is 64.0 Å². The quantitative estimate of drug-likeness (QED) is 0.437. The number of likely N-dealkylation sites (N-methyl/N-ethyl adjacent to an activating group) is 2. The van der Waals surface area contributed by atoms with Crippen LogP contribution in [0.15, 0.2) is 17.0 Å². The fraction of sp³-hybridized carbons (Fsp3) is 0.750. The summed E-state index contributed by atoms with van der Waals surface area (Å²) >= 11 is 0. The van der Waals surface area contributed by atoms with Gasteiger partial charge in [0.2, 0.25) is 15.9 Å². The van der Waals surface area contributed by atoms with Crippen LogP contribution in [0, 0.1) is 6.92 Å². The minimum absolute atomic E-state index is 0.0203. The van der Waals surface area contributed by atoms with E-state index in [1.54, 1.807) is 13.2 Å². The number of benzene rings is 1. The first-order valence-electron chi connectivity index (χ1n) is 14.2. The van der Waals surface area contributed by atoms with Crippen LogP contribution in [0.25, 0.3) is 0 Å². The Bertz CT molecular complexity index is 1060. The molecule has 2 atom stereocenters. The minimum atomic E-state index is -3.64. The van der Waals surface area contributed by atoms with Crippen molar-refractivity contribution in [3.63, 3.8) is 0 Å². The molecule has 0 radical (unpaired) electrons. The molecule has 2 aliphatic heterocycles. The molecule has 1 saturated heterocycles. The first-order valence-corrected chi connectivity index (χ1v) is 15.7. The van der Waals surface area contributed by atoms with Crippen LogP contribution in [-0.4, -0.2) is 119 Å². The third-order valence-corrected chi connectivity index (χ3v) is 10.8. The van der Waals surface area contributed by atoms with Gasteiger partial charge in [-0.1, -0.05) is 6.92 Å². The molecular formula is C28H46N4O5S. The molecule has 10 heteroatoms. The normalized spacial score (nSPS) is 24.9. The average Bonchev–Trinajstić information content (AvgIpc) is 3.05. The monoisotopic (exact) mass is 550 g/mol. The van der Waals surface area contributed by atoms with E-state index in [1.807, 2.05) is 24.9 Å². The molecule has 214 valence electrons. The van der Waals surface area contributed by atoms with Crippen molar-refractivity contribution in [3.8, 4) is 5.75 Å². The molecule has 1 aliphatic carbocycles. The lowest BCUT2D eigenvalue weighted by Gasteiger charge is -2.43. The van der Waals surface area contributed by atoms with Crippen molar-refractivity contribution in [2.24, 2.45) is 0 Å². The van der Waals surface area contributed by atoms with Crippen LogP contribution in [0.4, 0.5) is 0 Å². The number of ether oxygens (including phenoxy) is 2. The molecule has 2 fully saturated rings. The number of carbonyl (C=O) groups excluding carboxylic acids is 1. The number of hydrogen-bond acceptors (Lipinski definition) is 7. The van der Waals surface area contributed by atoms with Gasteiger partial charge in [-0.2, -0.15) is 4.31 Å². The van der Waals surface area contributed by atoms with E-state index in [4.69, 9.17) is 9.47 Å². The fourth-order valence-corrected chi connectivity index (χ4v) is 8.21. The van der Waals surface area contributed by atoms with E-state index < -0.39 is 10.0 Å². The van der Waals surface area contributed by atoms with Crippen LogP contribution < -0.4 is 4.74 Å². The van der Waals surface area contributed by atoms with Crippen molar-refractivity contribution in [2.75, 3.05) is 73.2 Å². The Labute approximate surface area is 229 Å². The summed E-state index contributed by atoms with van der Waals surface area (Å²) in [6.45, 7) is 10.5. The van der Waals surface area contributed by atoms with Gasteiger partial charge in [-0.3, -0.25) is 9.69 Å². The molecule has 1 saturated carbocycles. The maximum absolute atomic E-state index is 13.4. The van der Waals surface area contributed by atoms with Crippen molar-refractivity contribution in [2.45, 2.75) is 69.4 Å². The standard InChI is InChI=1S/C28H46N4O5S/c1-5-30-12-14-31(15-13-30)25-10-6-9-24(20-25)29(3)27(33)21-37-17-16-32-11-7-8-23-19-26(36-4)18-22(2)28(23)38(32,34)35/h18-19,24-25H,5-17,20-21H2,1-4H3. The number of methoxy groups -OCH3 is 1. The van der Waals surface area contributed by atoms with Gasteiger partial charge in [0.1, 0.15) is 12.4 Å². The molecular weight excluding hydrogens is 504 g/mol. The summed E-state index contributed by atoms with van der Waals surface area (Å²) in [5.41, 5.74) is 1.50. The molecule has 1 aromatic rings. The van der Waals surface area contributed by atoms with Gasteiger partial charge in [-0.15, -0.1) is 0 Å². The summed E-state index contributed by atoms with van der Waals surface area (Å²) in [5.74, 6) is 0.651. The topological polar surface area (TPSA) is 82.6 Å². The zero-order chi connectivity index (χ0) is 27.3. The smallest absolute Gasteiger partial charge is 0.248 e. The number of aryl methyl sites for hydroxylation is 2. The highest BCUT2D eigenvalue weighted by atomic mass is 32.2. The molecule has 38 heavy (non-hydrogen) atoms. The maximum atomic E-state index is 13.4. The molecule has 3 aliphatic rings. The van der Waals surface area contributed by atoms with E-state index in [-0.39, 0.29) is 31.7 Å². The van der Waals surface area contributed by atoms with Crippen molar-refractivity contribution in [1.29, 1.82) is 0 Å². The lowest BCUT2D eigenvalue weighted by molar-refractivity contribution is -0.138. The highest BCUT2D eigenvalue weighted by Crippen LogP contribution is 2.32. The number of carbonyl (C=O) groups is 1. The van der Waals surface area contributed by atoms with Crippen LogP contribution in [0.2, 0.25) is 0 Å². The summed E-state index contributed by atoms with van der Waals surface area (Å²) in [6.07, 6.45) is 5.82. The van der Waals surface area contributed by atoms with E-state index in [2.05, 4.69) is 16.7 Å². The van der Waals surface area contributed by atoms with Gasteiger partial charge in [-0.25, -0.2) is 8.42 Å². The summed E-state index contributed by atoms with van der Waals surface area (Å²) in [6, 6.07) is 4.38. The van der Waals surface area contributed by atoms with Crippen LogP contribution >= 0.6 is 0 Å². The van der Waals surface area contributed by atoms with Gasteiger partial charge < -0.3 is 19.3 Å².